The first-order valence-corrected chi connectivity index (χ1v) is 10.1. The number of nitrogens with two attached hydrogens (primary N) is 1. The summed E-state index contributed by atoms with van der Waals surface area (Å²) >= 11 is 0. The molecule has 1 unspecified atom stereocenters. The highest BCUT2D eigenvalue weighted by Gasteiger charge is 2.37. The quantitative estimate of drug-likeness (QED) is 0.544. The first-order valence-electron chi connectivity index (χ1n) is 10.1. The molecular weight excluding hydrogens is 374 g/mol. The second-order valence-electron chi connectivity index (χ2n) is 7.60. The van der Waals surface area contributed by atoms with Crippen LogP contribution in [-0.4, -0.2) is 36.5 Å². The molecule has 1 atom stereocenters. The molecular formula is C24H29N5O. The number of primary amides is 1. The van der Waals surface area contributed by atoms with E-state index in [1.54, 1.807) is 18.6 Å². The van der Waals surface area contributed by atoms with Gasteiger partial charge in [0.1, 0.15) is 5.54 Å². The summed E-state index contributed by atoms with van der Waals surface area (Å²) in [6.07, 6.45) is 9.15. The zero-order valence-corrected chi connectivity index (χ0v) is 17.6. The summed E-state index contributed by atoms with van der Waals surface area (Å²) in [7, 11) is 3.98. The van der Waals surface area contributed by atoms with Gasteiger partial charge in [0.15, 0.2) is 0 Å². The van der Waals surface area contributed by atoms with Crippen LogP contribution in [0.1, 0.15) is 23.1 Å². The summed E-state index contributed by atoms with van der Waals surface area (Å²) in [5.74, 6) is -0.376. The normalized spacial score (nSPS) is 12.9. The van der Waals surface area contributed by atoms with E-state index >= 15 is 0 Å². The molecule has 0 fully saturated rings. The lowest BCUT2D eigenvalue weighted by Gasteiger charge is -2.33. The van der Waals surface area contributed by atoms with Gasteiger partial charge in [-0.05, 0) is 66.3 Å². The number of rotatable bonds is 10. The Balaban J connectivity index is 1.86. The van der Waals surface area contributed by atoms with Crippen molar-refractivity contribution in [1.29, 1.82) is 0 Å². The Hall–Kier alpha value is -3.25. The van der Waals surface area contributed by atoms with Crippen molar-refractivity contribution in [3.63, 3.8) is 0 Å². The lowest BCUT2D eigenvalue weighted by Crippen LogP contribution is -2.53. The van der Waals surface area contributed by atoms with Crippen molar-refractivity contribution in [3.05, 3.63) is 90.0 Å². The second-order valence-corrected chi connectivity index (χ2v) is 7.60. The van der Waals surface area contributed by atoms with E-state index in [1.165, 1.54) is 0 Å². The number of aryl methyl sites for hydroxylation is 1. The highest BCUT2D eigenvalue weighted by atomic mass is 16.1. The molecule has 156 valence electrons. The van der Waals surface area contributed by atoms with Crippen LogP contribution in [0.5, 0.6) is 0 Å². The summed E-state index contributed by atoms with van der Waals surface area (Å²) < 4.78 is 0. The summed E-state index contributed by atoms with van der Waals surface area (Å²) in [5, 5.41) is 3.49. The highest BCUT2D eigenvalue weighted by molar-refractivity contribution is 5.86. The van der Waals surface area contributed by atoms with Crippen LogP contribution in [0.15, 0.2) is 73.3 Å². The molecule has 0 radical (unpaired) electrons. The van der Waals surface area contributed by atoms with Crippen LogP contribution in [0.25, 0.3) is 0 Å². The topological polar surface area (TPSA) is 84.1 Å². The molecule has 2 heterocycles. The van der Waals surface area contributed by atoms with E-state index in [1.807, 2.05) is 73.7 Å². The van der Waals surface area contributed by atoms with Crippen molar-refractivity contribution in [2.75, 3.05) is 25.5 Å². The van der Waals surface area contributed by atoms with Crippen LogP contribution in [0.4, 0.5) is 5.69 Å². The van der Waals surface area contributed by atoms with Gasteiger partial charge in [-0.25, -0.2) is 0 Å². The van der Waals surface area contributed by atoms with Crippen LogP contribution in [0.3, 0.4) is 0 Å². The molecule has 3 N–H and O–H groups in total. The molecule has 30 heavy (non-hydrogen) atoms. The lowest BCUT2D eigenvalue weighted by molar-refractivity contribution is -0.125. The number of pyridine rings is 2. The van der Waals surface area contributed by atoms with Gasteiger partial charge in [-0.1, -0.05) is 18.2 Å². The number of carbonyl (C=O) groups excluding carboxylic acids is 1. The molecule has 1 amide bonds. The van der Waals surface area contributed by atoms with Gasteiger partial charge in [0.25, 0.3) is 0 Å². The minimum Gasteiger partial charge on any atom is -0.378 e. The second kappa shape index (κ2) is 9.98. The molecule has 6 nitrogen and oxygen atoms in total. The Morgan fingerprint density at radius 3 is 2.30 bits per heavy atom. The van der Waals surface area contributed by atoms with E-state index in [-0.39, 0.29) is 5.91 Å². The summed E-state index contributed by atoms with van der Waals surface area (Å²) in [4.78, 5) is 23.1. The van der Waals surface area contributed by atoms with Gasteiger partial charge in [0.05, 0.1) is 0 Å². The number of carbonyl (C=O) groups is 1. The van der Waals surface area contributed by atoms with Crippen molar-refractivity contribution in [1.82, 2.24) is 15.3 Å². The van der Waals surface area contributed by atoms with Crippen LogP contribution in [0, 0.1) is 0 Å². The molecule has 0 spiro atoms. The fourth-order valence-corrected chi connectivity index (χ4v) is 3.58. The van der Waals surface area contributed by atoms with Gasteiger partial charge in [-0.15, -0.1) is 0 Å². The number of aromatic nitrogens is 2. The van der Waals surface area contributed by atoms with Gasteiger partial charge in [-0.2, -0.15) is 0 Å². The standard InChI is InChI=1S/C24H29N5O/c1-29(2)22-7-5-21(6-8-22)24(23(25)30,13-9-20-4-3-14-27-18-20)28-17-12-19-10-15-26-16-11-19/h3-8,10-11,14-16,18,28H,9,12-13,17H2,1-2H3,(H2,25,30). The highest BCUT2D eigenvalue weighted by Crippen LogP contribution is 2.29. The third kappa shape index (κ3) is 5.21. The first kappa shape index (κ1) is 21.5. The molecule has 0 bridgehead atoms. The predicted molar refractivity (Wildman–Crippen MR) is 120 cm³/mol. The van der Waals surface area contributed by atoms with E-state index in [4.69, 9.17) is 5.73 Å². The number of nitrogens with zero attached hydrogens (tertiary/aromatic N) is 3. The number of nitrogens with one attached hydrogen (secondary N) is 1. The number of hydrogen-bond acceptors (Lipinski definition) is 5. The average molecular weight is 404 g/mol. The molecule has 6 heteroatoms. The van der Waals surface area contributed by atoms with Gasteiger partial charge >= 0.3 is 0 Å². The molecule has 0 aliphatic rings. The SMILES string of the molecule is CN(C)c1ccc(C(CCc2cccnc2)(NCCc2ccncc2)C(N)=O)cc1. The van der Waals surface area contributed by atoms with Crippen molar-refractivity contribution < 1.29 is 4.79 Å². The maximum atomic E-state index is 12.8. The smallest absolute Gasteiger partial charge is 0.242 e. The third-order valence-corrected chi connectivity index (χ3v) is 5.40. The number of anilines is 1. The Labute approximate surface area is 178 Å². The van der Waals surface area contributed by atoms with Crippen molar-refractivity contribution in [3.8, 4) is 0 Å². The number of benzene rings is 1. The molecule has 0 aliphatic carbocycles. The Morgan fingerprint density at radius 1 is 0.967 bits per heavy atom. The molecule has 0 saturated heterocycles. The monoisotopic (exact) mass is 403 g/mol. The Kier molecular flexibility index (Phi) is 7.14. The summed E-state index contributed by atoms with van der Waals surface area (Å²) in [6.45, 7) is 0.620. The van der Waals surface area contributed by atoms with Crippen LogP contribution in [-0.2, 0) is 23.2 Å². The van der Waals surface area contributed by atoms with Crippen LogP contribution in [0.2, 0.25) is 0 Å². The van der Waals surface area contributed by atoms with E-state index in [2.05, 4.69) is 15.3 Å². The molecule has 0 aliphatic heterocycles. The zero-order valence-electron chi connectivity index (χ0n) is 17.6. The summed E-state index contributed by atoms with van der Waals surface area (Å²) in [5.41, 5.74) is 9.22. The predicted octanol–water partition coefficient (Wildman–Crippen LogP) is 2.69. The minimum atomic E-state index is -0.965. The van der Waals surface area contributed by atoms with Gasteiger partial charge < -0.3 is 10.6 Å². The largest absolute Gasteiger partial charge is 0.378 e. The lowest BCUT2D eigenvalue weighted by atomic mass is 9.83. The Bertz CT molecular complexity index is 929. The van der Waals surface area contributed by atoms with Crippen LogP contribution < -0.4 is 16.0 Å². The molecule has 2 aromatic heterocycles. The van der Waals surface area contributed by atoms with E-state index in [0.29, 0.717) is 19.4 Å². The number of hydrogen-bond donors (Lipinski definition) is 2. The summed E-state index contributed by atoms with van der Waals surface area (Å²) in [6, 6.07) is 15.9. The minimum absolute atomic E-state index is 0.376. The first-order chi connectivity index (χ1) is 14.5. The van der Waals surface area contributed by atoms with Gasteiger partial charge in [-0.3, -0.25) is 20.1 Å². The molecule has 3 rings (SSSR count). The van der Waals surface area contributed by atoms with Crippen molar-refractivity contribution in [2.24, 2.45) is 5.73 Å². The average Bonchev–Trinajstić information content (AvgIpc) is 2.77. The molecule has 0 saturated carbocycles. The van der Waals surface area contributed by atoms with Crippen molar-refractivity contribution >= 4 is 11.6 Å². The van der Waals surface area contributed by atoms with Gasteiger partial charge in [0, 0.05) is 51.1 Å². The van der Waals surface area contributed by atoms with E-state index < -0.39 is 5.54 Å². The third-order valence-electron chi connectivity index (χ3n) is 5.40. The molecule has 3 aromatic rings. The zero-order chi connectivity index (χ0) is 21.4. The van der Waals surface area contributed by atoms with Gasteiger partial charge in [0.2, 0.25) is 5.91 Å². The van der Waals surface area contributed by atoms with E-state index in [9.17, 15) is 4.79 Å². The molecule has 1 aromatic carbocycles. The fourth-order valence-electron chi connectivity index (χ4n) is 3.58. The maximum Gasteiger partial charge on any atom is 0.242 e. The Morgan fingerprint density at radius 2 is 1.70 bits per heavy atom. The maximum absolute atomic E-state index is 12.8. The number of amides is 1. The van der Waals surface area contributed by atoms with Crippen LogP contribution >= 0.6 is 0 Å². The van der Waals surface area contributed by atoms with Crippen molar-refractivity contribution in [2.45, 2.75) is 24.8 Å². The fraction of sp³-hybridized carbons (Fsp3) is 0.292. The van der Waals surface area contributed by atoms with E-state index in [0.717, 1.165) is 28.8 Å².